The van der Waals surface area contributed by atoms with Gasteiger partial charge < -0.3 is 0 Å². The van der Waals surface area contributed by atoms with E-state index in [4.69, 9.17) is 4.98 Å². The highest BCUT2D eigenvalue weighted by molar-refractivity contribution is 6.00. The van der Waals surface area contributed by atoms with Gasteiger partial charge in [-0.3, -0.25) is 9.80 Å². The van der Waals surface area contributed by atoms with Gasteiger partial charge in [0.2, 0.25) is 0 Å². The Morgan fingerprint density at radius 1 is 0.325 bits per heavy atom. The van der Waals surface area contributed by atoms with E-state index in [1.165, 1.54) is 21.5 Å². The van der Waals surface area contributed by atoms with Crippen LogP contribution in [0.3, 0.4) is 0 Å². The molecule has 0 N–H and O–H groups in total. The molecule has 3 heteroatoms. The molecule has 0 aliphatic rings. The maximum atomic E-state index is 5.34. The van der Waals surface area contributed by atoms with Crippen LogP contribution in [0.5, 0.6) is 0 Å². The van der Waals surface area contributed by atoms with Crippen LogP contribution in [0.4, 0.5) is 34.4 Å². The first-order valence-corrected chi connectivity index (χ1v) is 13.5. The number of rotatable bonds is 6. The molecule has 0 radical (unpaired) electrons. The molecule has 0 spiro atoms. The summed E-state index contributed by atoms with van der Waals surface area (Å²) >= 11 is 0. The highest BCUT2D eigenvalue weighted by atomic mass is 15.3. The molecule has 7 aromatic rings. The molecule has 0 amide bonds. The van der Waals surface area contributed by atoms with Crippen LogP contribution in [0.2, 0.25) is 0 Å². The number of aromatic nitrogens is 1. The van der Waals surface area contributed by atoms with Gasteiger partial charge >= 0.3 is 0 Å². The van der Waals surface area contributed by atoms with Crippen LogP contribution < -0.4 is 9.80 Å². The summed E-state index contributed by atoms with van der Waals surface area (Å²) in [6.07, 6.45) is 0. The van der Waals surface area contributed by atoms with E-state index in [-0.39, 0.29) is 0 Å². The fourth-order valence-electron chi connectivity index (χ4n) is 5.41. The van der Waals surface area contributed by atoms with Crippen LogP contribution >= 0.6 is 0 Å². The van der Waals surface area contributed by atoms with Crippen molar-refractivity contribution in [2.24, 2.45) is 0 Å². The van der Waals surface area contributed by atoms with Crippen molar-refractivity contribution in [2.45, 2.75) is 0 Å². The van der Waals surface area contributed by atoms with Crippen LogP contribution in [0, 0.1) is 0 Å². The Kier molecular flexibility index (Phi) is 6.15. The Morgan fingerprint density at radius 3 is 1.18 bits per heavy atom. The number of benzene rings is 6. The molecule has 0 bridgehead atoms. The summed E-state index contributed by atoms with van der Waals surface area (Å²) in [5.41, 5.74) is 4.29. The van der Waals surface area contributed by atoms with E-state index >= 15 is 0 Å². The highest BCUT2D eigenvalue weighted by Gasteiger charge is 2.20. The van der Waals surface area contributed by atoms with Crippen LogP contribution in [0.25, 0.3) is 21.5 Å². The second-order valence-electron chi connectivity index (χ2n) is 9.69. The third-order valence-electron chi connectivity index (χ3n) is 7.22. The number of fused-ring (bicyclic) bond motifs is 2. The van der Waals surface area contributed by atoms with Gasteiger partial charge in [-0.2, -0.15) is 0 Å². The normalized spacial score (nSPS) is 11.0. The van der Waals surface area contributed by atoms with E-state index in [1.807, 2.05) is 12.1 Å². The minimum absolute atomic E-state index is 0.848. The van der Waals surface area contributed by atoms with Crippen molar-refractivity contribution >= 4 is 55.9 Å². The Bertz CT molecular complexity index is 1770. The number of anilines is 6. The van der Waals surface area contributed by atoms with Crippen molar-refractivity contribution in [1.29, 1.82) is 0 Å². The van der Waals surface area contributed by atoms with Crippen molar-refractivity contribution in [3.63, 3.8) is 0 Å². The zero-order valence-electron chi connectivity index (χ0n) is 21.9. The van der Waals surface area contributed by atoms with E-state index in [0.717, 1.165) is 34.4 Å². The molecule has 0 saturated carbocycles. The lowest BCUT2D eigenvalue weighted by Gasteiger charge is -2.29. The van der Waals surface area contributed by atoms with Gasteiger partial charge in [0.1, 0.15) is 11.6 Å². The topological polar surface area (TPSA) is 19.4 Å². The summed E-state index contributed by atoms with van der Waals surface area (Å²) in [6.45, 7) is 0. The van der Waals surface area contributed by atoms with Gasteiger partial charge in [0.05, 0.1) is 11.4 Å². The fraction of sp³-hybridized carbons (Fsp3) is 0. The van der Waals surface area contributed by atoms with E-state index < -0.39 is 0 Å². The monoisotopic (exact) mass is 513 g/mol. The standard InChI is InChI=1S/C37H27N3/c1-3-18-30(19-4-1)39(34-24-11-16-28-14-7-9-22-32(28)34)36-26-13-27-37(38-36)40(31-20-5-2-6-21-31)35-25-12-17-29-15-8-10-23-33(29)35/h1-27H. The molecule has 1 heterocycles. The molecule has 190 valence electrons. The van der Waals surface area contributed by atoms with Gasteiger partial charge in [-0.1, -0.05) is 115 Å². The van der Waals surface area contributed by atoms with Gasteiger partial charge in [0, 0.05) is 22.1 Å². The van der Waals surface area contributed by atoms with Gasteiger partial charge in [0.25, 0.3) is 0 Å². The molecular formula is C37H27N3. The Hall–Kier alpha value is -5.41. The largest absolute Gasteiger partial charge is 0.294 e. The summed E-state index contributed by atoms with van der Waals surface area (Å²) < 4.78 is 0. The predicted molar refractivity (Wildman–Crippen MR) is 169 cm³/mol. The summed E-state index contributed by atoms with van der Waals surface area (Å²) in [5, 5.41) is 4.74. The SMILES string of the molecule is c1ccc(N(c2cccc(N(c3ccccc3)c3cccc4ccccc34)n2)c2cccc3ccccc23)cc1. The average molecular weight is 514 g/mol. The Balaban J connectivity index is 1.45. The van der Waals surface area contributed by atoms with Crippen molar-refractivity contribution < 1.29 is 0 Å². The molecule has 3 nitrogen and oxygen atoms in total. The van der Waals surface area contributed by atoms with Gasteiger partial charge in [-0.05, 0) is 59.3 Å². The first-order chi connectivity index (χ1) is 19.9. The first-order valence-electron chi connectivity index (χ1n) is 13.5. The maximum Gasteiger partial charge on any atom is 0.140 e. The van der Waals surface area contributed by atoms with E-state index in [1.54, 1.807) is 0 Å². The zero-order chi connectivity index (χ0) is 26.7. The molecule has 0 unspecified atom stereocenters. The predicted octanol–water partition coefficient (Wildman–Crippen LogP) is 10.3. The molecule has 0 aliphatic carbocycles. The minimum atomic E-state index is 0.848. The average Bonchev–Trinajstić information content (AvgIpc) is 3.03. The number of hydrogen-bond donors (Lipinski definition) is 0. The fourth-order valence-corrected chi connectivity index (χ4v) is 5.41. The van der Waals surface area contributed by atoms with Crippen LogP contribution in [-0.4, -0.2) is 4.98 Å². The van der Waals surface area contributed by atoms with Crippen molar-refractivity contribution in [2.75, 3.05) is 9.80 Å². The molecule has 0 atom stereocenters. The zero-order valence-corrected chi connectivity index (χ0v) is 21.9. The van der Waals surface area contributed by atoms with E-state index in [0.29, 0.717) is 0 Å². The van der Waals surface area contributed by atoms with E-state index in [9.17, 15) is 0 Å². The van der Waals surface area contributed by atoms with Crippen molar-refractivity contribution in [3.8, 4) is 0 Å². The number of para-hydroxylation sites is 2. The summed E-state index contributed by atoms with van der Waals surface area (Å²) in [7, 11) is 0. The highest BCUT2D eigenvalue weighted by Crippen LogP contribution is 2.41. The summed E-state index contributed by atoms with van der Waals surface area (Å²) in [5.74, 6) is 1.70. The minimum Gasteiger partial charge on any atom is -0.294 e. The Morgan fingerprint density at radius 2 is 0.700 bits per heavy atom. The lowest BCUT2D eigenvalue weighted by molar-refractivity contribution is 1.14. The first kappa shape index (κ1) is 23.7. The van der Waals surface area contributed by atoms with Gasteiger partial charge in [-0.15, -0.1) is 0 Å². The molecule has 0 fully saturated rings. The summed E-state index contributed by atoms with van der Waals surface area (Å²) in [4.78, 5) is 9.84. The van der Waals surface area contributed by atoms with Crippen LogP contribution in [0.1, 0.15) is 0 Å². The van der Waals surface area contributed by atoms with Crippen LogP contribution in [-0.2, 0) is 0 Å². The van der Waals surface area contributed by atoms with Gasteiger partial charge in [-0.25, -0.2) is 4.98 Å². The molecule has 0 aliphatic heterocycles. The third-order valence-corrected chi connectivity index (χ3v) is 7.22. The molecule has 40 heavy (non-hydrogen) atoms. The third kappa shape index (κ3) is 4.34. The number of pyridine rings is 1. The smallest absolute Gasteiger partial charge is 0.140 e. The Labute approximate surface area is 234 Å². The number of nitrogens with zero attached hydrogens (tertiary/aromatic N) is 3. The second kappa shape index (κ2) is 10.4. The van der Waals surface area contributed by atoms with Crippen LogP contribution in [0.15, 0.2) is 164 Å². The summed E-state index contributed by atoms with van der Waals surface area (Å²) in [6, 6.07) is 57.1. The maximum absolute atomic E-state index is 5.34. The molecule has 7 rings (SSSR count). The quantitative estimate of drug-likeness (QED) is 0.220. The molecule has 0 saturated heterocycles. The van der Waals surface area contributed by atoms with E-state index in [2.05, 4.69) is 161 Å². The van der Waals surface area contributed by atoms with Crippen molar-refractivity contribution in [1.82, 2.24) is 4.98 Å². The second-order valence-corrected chi connectivity index (χ2v) is 9.69. The van der Waals surface area contributed by atoms with Gasteiger partial charge in [0.15, 0.2) is 0 Å². The lowest BCUT2D eigenvalue weighted by atomic mass is 10.1. The molecular weight excluding hydrogens is 486 g/mol. The lowest BCUT2D eigenvalue weighted by Crippen LogP contribution is -2.16. The number of hydrogen-bond acceptors (Lipinski definition) is 3. The molecule has 1 aromatic heterocycles. The van der Waals surface area contributed by atoms with Crippen molar-refractivity contribution in [3.05, 3.63) is 164 Å². The molecule has 6 aromatic carbocycles.